The molecule has 0 unspecified atom stereocenters. The summed E-state index contributed by atoms with van der Waals surface area (Å²) >= 11 is 0. The number of aromatic nitrogens is 1. The van der Waals surface area contributed by atoms with E-state index in [1.165, 1.54) is 22.0 Å². The van der Waals surface area contributed by atoms with Crippen LogP contribution in [-0.4, -0.2) is 28.9 Å². The summed E-state index contributed by atoms with van der Waals surface area (Å²) in [5, 5.41) is 1.29. The fourth-order valence-corrected chi connectivity index (χ4v) is 2.54. The van der Waals surface area contributed by atoms with E-state index in [-0.39, 0.29) is 5.91 Å². The zero-order chi connectivity index (χ0) is 15.2. The topological polar surface area (TPSA) is 36.1 Å². The van der Waals surface area contributed by atoms with E-state index >= 15 is 0 Å². The van der Waals surface area contributed by atoms with Crippen molar-refractivity contribution in [2.24, 2.45) is 0 Å². The lowest BCUT2D eigenvalue weighted by Gasteiger charge is -2.21. The summed E-state index contributed by atoms with van der Waals surface area (Å²) in [6, 6.07) is 8.35. The normalized spacial score (nSPS) is 11.9. The van der Waals surface area contributed by atoms with Crippen molar-refractivity contribution in [3.63, 3.8) is 0 Å². The fraction of sp³-hybridized carbons (Fsp3) is 0.389. The van der Waals surface area contributed by atoms with Crippen molar-refractivity contribution in [1.29, 1.82) is 0 Å². The maximum Gasteiger partial charge on any atom is 0.219 e. The highest BCUT2D eigenvalue weighted by molar-refractivity contribution is 5.83. The minimum atomic E-state index is 0.148. The second-order valence-corrected chi connectivity index (χ2v) is 5.54. The highest BCUT2D eigenvalue weighted by Crippen LogP contribution is 2.19. The number of carbonyl (C=O) groups is 1. The van der Waals surface area contributed by atoms with Gasteiger partial charge >= 0.3 is 0 Å². The van der Waals surface area contributed by atoms with Crippen LogP contribution in [-0.2, 0) is 11.2 Å². The summed E-state index contributed by atoms with van der Waals surface area (Å²) in [5.41, 5.74) is 3.75. The lowest BCUT2D eigenvalue weighted by atomic mass is 10.1. The number of benzene rings is 1. The van der Waals surface area contributed by atoms with Crippen molar-refractivity contribution in [2.45, 2.75) is 33.6 Å². The summed E-state index contributed by atoms with van der Waals surface area (Å²) in [6.45, 7) is 7.27. The molecule has 0 aliphatic heterocycles. The average molecular weight is 284 g/mol. The summed E-state index contributed by atoms with van der Waals surface area (Å²) < 4.78 is 0. The van der Waals surface area contributed by atoms with Gasteiger partial charge in [-0.05, 0) is 38.3 Å². The molecule has 0 radical (unpaired) electrons. The summed E-state index contributed by atoms with van der Waals surface area (Å²) in [4.78, 5) is 16.9. The van der Waals surface area contributed by atoms with Gasteiger partial charge in [-0.1, -0.05) is 29.8 Å². The molecule has 0 fully saturated rings. The molecule has 21 heavy (non-hydrogen) atoms. The second kappa shape index (κ2) is 7.11. The molecule has 1 aromatic carbocycles. The largest absolute Gasteiger partial charge is 0.361 e. The van der Waals surface area contributed by atoms with Gasteiger partial charge < -0.3 is 9.88 Å². The van der Waals surface area contributed by atoms with E-state index in [1.807, 2.05) is 17.9 Å². The predicted octanol–water partition coefficient (Wildman–Crippen LogP) is 3.92. The highest BCUT2D eigenvalue weighted by Gasteiger charge is 2.09. The number of aryl methyl sites for hydroxylation is 1. The van der Waals surface area contributed by atoms with Gasteiger partial charge in [0, 0.05) is 37.1 Å². The molecule has 0 aliphatic carbocycles. The number of fused-ring (bicyclic) bond motifs is 1. The quantitative estimate of drug-likeness (QED) is 0.802. The van der Waals surface area contributed by atoms with Crippen LogP contribution in [0.1, 0.15) is 32.8 Å². The lowest BCUT2D eigenvalue weighted by Crippen LogP contribution is -2.31. The number of hydrogen-bond donors (Lipinski definition) is 1. The van der Waals surface area contributed by atoms with Crippen molar-refractivity contribution in [3.8, 4) is 0 Å². The Morgan fingerprint density at radius 1 is 1.29 bits per heavy atom. The number of para-hydroxylation sites is 1. The van der Waals surface area contributed by atoms with Gasteiger partial charge in [-0.3, -0.25) is 4.79 Å². The van der Waals surface area contributed by atoms with Gasteiger partial charge in [0.2, 0.25) is 5.91 Å². The molecular weight excluding hydrogens is 260 g/mol. The molecule has 1 aromatic heterocycles. The van der Waals surface area contributed by atoms with Crippen molar-refractivity contribution < 1.29 is 4.79 Å². The van der Waals surface area contributed by atoms with Crippen molar-refractivity contribution >= 4 is 16.8 Å². The van der Waals surface area contributed by atoms with Crippen LogP contribution in [0.25, 0.3) is 10.9 Å². The molecule has 1 N–H and O–H groups in total. The average Bonchev–Trinajstić information content (AvgIpc) is 2.89. The monoisotopic (exact) mass is 284 g/mol. The minimum absolute atomic E-state index is 0.148. The molecule has 3 heteroatoms. The highest BCUT2D eigenvalue weighted by atomic mass is 16.2. The number of nitrogens with one attached hydrogen (secondary N) is 1. The first-order valence-corrected chi connectivity index (χ1v) is 7.54. The van der Waals surface area contributed by atoms with Crippen LogP contribution in [0.2, 0.25) is 0 Å². The maximum atomic E-state index is 11.7. The van der Waals surface area contributed by atoms with Gasteiger partial charge in [-0.15, -0.1) is 0 Å². The second-order valence-electron chi connectivity index (χ2n) is 5.54. The molecule has 1 amide bonds. The molecular formula is C18H24N2O. The van der Waals surface area contributed by atoms with Gasteiger partial charge in [-0.25, -0.2) is 0 Å². The first-order chi connectivity index (χ1) is 10.1. The van der Waals surface area contributed by atoms with E-state index in [2.05, 4.69) is 42.4 Å². The number of H-pyrrole nitrogens is 1. The van der Waals surface area contributed by atoms with Gasteiger partial charge in [0.15, 0.2) is 0 Å². The molecule has 0 saturated heterocycles. The number of hydrogen-bond acceptors (Lipinski definition) is 1. The smallest absolute Gasteiger partial charge is 0.219 e. The number of rotatable bonds is 6. The summed E-state index contributed by atoms with van der Waals surface area (Å²) in [5.74, 6) is 0.148. The Bertz CT molecular complexity index is 639. The Morgan fingerprint density at radius 2 is 2.05 bits per heavy atom. The molecule has 0 spiro atoms. The Labute approximate surface area is 126 Å². The number of nitrogens with zero attached hydrogens (tertiary/aromatic N) is 1. The summed E-state index contributed by atoms with van der Waals surface area (Å²) in [7, 11) is 0. The lowest BCUT2D eigenvalue weighted by molar-refractivity contribution is -0.128. The van der Waals surface area contributed by atoms with Crippen LogP contribution >= 0.6 is 0 Å². The number of aromatic amines is 1. The van der Waals surface area contributed by atoms with Gasteiger partial charge in [-0.2, -0.15) is 0 Å². The SMILES string of the molecule is C/C=C(\C)CN(CCCc1c[nH]c2ccccc12)C(C)=O. The van der Waals surface area contributed by atoms with E-state index in [0.29, 0.717) is 0 Å². The third-order valence-corrected chi connectivity index (χ3v) is 3.93. The summed E-state index contributed by atoms with van der Waals surface area (Å²) in [6.07, 6.45) is 6.12. The molecule has 112 valence electrons. The van der Waals surface area contributed by atoms with Crippen LogP contribution < -0.4 is 0 Å². The minimum Gasteiger partial charge on any atom is -0.361 e. The third-order valence-electron chi connectivity index (χ3n) is 3.93. The van der Waals surface area contributed by atoms with Crippen molar-refractivity contribution in [2.75, 3.05) is 13.1 Å². The fourth-order valence-electron chi connectivity index (χ4n) is 2.54. The zero-order valence-electron chi connectivity index (χ0n) is 13.1. The molecule has 0 aliphatic rings. The number of amides is 1. The van der Waals surface area contributed by atoms with Gasteiger partial charge in [0.05, 0.1) is 0 Å². The van der Waals surface area contributed by atoms with Gasteiger partial charge in [0.25, 0.3) is 0 Å². The standard InChI is InChI=1S/C18H24N2O/c1-4-14(2)13-20(15(3)21)11-7-8-16-12-19-18-10-6-5-9-17(16)18/h4-6,9-10,12,19H,7-8,11,13H2,1-3H3/b14-4+. The molecule has 0 bridgehead atoms. The van der Waals surface area contributed by atoms with Crippen molar-refractivity contribution in [1.82, 2.24) is 9.88 Å². The molecule has 0 saturated carbocycles. The Kier molecular flexibility index (Phi) is 5.20. The van der Waals surface area contributed by atoms with Gasteiger partial charge in [0.1, 0.15) is 0 Å². The van der Waals surface area contributed by atoms with E-state index in [1.54, 1.807) is 6.92 Å². The molecule has 2 rings (SSSR count). The molecule has 1 heterocycles. The zero-order valence-corrected chi connectivity index (χ0v) is 13.1. The Balaban J connectivity index is 1.94. The Hall–Kier alpha value is -2.03. The first-order valence-electron chi connectivity index (χ1n) is 7.54. The van der Waals surface area contributed by atoms with Crippen LogP contribution in [0.15, 0.2) is 42.1 Å². The van der Waals surface area contributed by atoms with Crippen LogP contribution in [0.3, 0.4) is 0 Å². The predicted molar refractivity (Wildman–Crippen MR) is 88.3 cm³/mol. The van der Waals surface area contributed by atoms with Crippen molar-refractivity contribution in [3.05, 3.63) is 47.7 Å². The number of carbonyl (C=O) groups excluding carboxylic acids is 1. The number of allylic oxidation sites excluding steroid dienone is 1. The molecule has 2 aromatic rings. The van der Waals surface area contributed by atoms with Crippen LogP contribution in [0, 0.1) is 0 Å². The third kappa shape index (κ3) is 3.97. The molecule has 3 nitrogen and oxygen atoms in total. The molecule has 0 atom stereocenters. The van der Waals surface area contributed by atoms with Crippen LogP contribution in [0.5, 0.6) is 0 Å². The maximum absolute atomic E-state index is 11.7. The van der Waals surface area contributed by atoms with E-state index < -0.39 is 0 Å². The van der Waals surface area contributed by atoms with E-state index in [4.69, 9.17) is 0 Å². The van der Waals surface area contributed by atoms with E-state index in [9.17, 15) is 4.79 Å². The first kappa shape index (κ1) is 15.4. The Morgan fingerprint density at radius 3 is 2.76 bits per heavy atom. The van der Waals surface area contributed by atoms with Crippen LogP contribution in [0.4, 0.5) is 0 Å². The van der Waals surface area contributed by atoms with E-state index in [0.717, 1.165) is 25.9 Å².